The molecule has 2 rings (SSSR count). The molecule has 0 aliphatic carbocycles. The summed E-state index contributed by atoms with van der Waals surface area (Å²) in [5.41, 5.74) is 0.0335. The number of aryl methyl sites for hydroxylation is 2. The largest absolute Gasteiger partial charge is 0.282 e. The van der Waals surface area contributed by atoms with E-state index in [0.717, 1.165) is 15.5 Å². The number of alkyl halides is 2. The Morgan fingerprint density at radius 3 is 2.60 bits per heavy atom. The van der Waals surface area contributed by atoms with Crippen molar-refractivity contribution >= 4 is 40.4 Å². The molecule has 0 spiro atoms. The van der Waals surface area contributed by atoms with Crippen LogP contribution in [-0.2, 0) is 18.3 Å². The molecule has 0 aliphatic rings. The first-order valence-electron chi connectivity index (χ1n) is 7.29. The Morgan fingerprint density at radius 2 is 2.12 bits per heavy atom. The predicted octanol–water partition coefficient (Wildman–Crippen LogP) is 4.67. The van der Waals surface area contributed by atoms with Gasteiger partial charge in [0.25, 0.3) is 12.3 Å². The van der Waals surface area contributed by atoms with E-state index in [2.05, 4.69) is 5.10 Å². The van der Waals surface area contributed by atoms with E-state index >= 15 is 0 Å². The molecule has 0 saturated heterocycles. The highest BCUT2D eigenvalue weighted by Crippen LogP contribution is 2.37. The second-order valence-corrected chi connectivity index (χ2v) is 7.70. The van der Waals surface area contributed by atoms with Crippen molar-refractivity contribution in [2.45, 2.75) is 32.7 Å². The average molecular weight is 412 g/mol. The van der Waals surface area contributed by atoms with Gasteiger partial charge in [-0.25, -0.2) is 13.8 Å². The second kappa shape index (κ2) is 7.99. The molecule has 10 heteroatoms. The van der Waals surface area contributed by atoms with Crippen LogP contribution in [0.2, 0.25) is 9.36 Å². The van der Waals surface area contributed by atoms with Crippen molar-refractivity contribution in [2.75, 3.05) is 7.11 Å². The number of hydrogen-bond donors (Lipinski definition) is 0. The molecule has 138 valence electrons. The Morgan fingerprint density at radius 1 is 1.48 bits per heavy atom. The summed E-state index contributed by atoms with van der Waals surface area (Å²) in [5.74, 6) is -0.687. The molecule has 2 heterocycles. The highest BCUT2D eigenvalue weighted by molar-refractivity contribution is 7.17. The molecule has 0 N–H and O–H groups in total. The summed E-state index contributed by atoms with van der Waals surface area (Å²) in [7, 11) is 2.78. The van der Waals surface area contributed by atoms with Crippen LogP contribution in [0.5, 0.6) is 0 Å². The lowest BCUT2D eigenvalue weighted by Crippen LogP contribution is -2.39. The summed E-state index contributed by atoms with van der Waals surface area (Å²) in [4.78, 5) is 18.8. The minimum atomic E-state index is -2.86. The van der Waals surface area contributed by atoms with E-state index in [0.29, 0.717) is 15.8 Å². The van der Waals surface area contributed by atoms with E-state index in [1.807, 2.05) is 6.92 Å². The van der Waals surface area contributed by atoms with Crippen LogP contribution in [0, 0.1) is 6.92 Å². The van der Waals surface area contributed by atoms with Crippen molar-refractivity contribution in [2.24, 2.45) is 7.05 Å². The van der Waals surface area contributed by atoms with Crippen molar-refractivity contribution in [3.8, 4) is 0 Å². The standard InChI is InChI=1S/C15H17Cl2F2N3O2S/c1-7(5-9-8(2)25-13(17)11(9)16)22(24-4)15(23)10-6-21(3)20-12(10)14(18)19/h6-7,14H,5H2,1-4H3. The zero-order valence-electron chi connectivity index (χ0n) is 14.0. The fourth-order valence-corrected chi connectivity index (χ4v) is 4.18. The van der Waals surface area contributed by atoms with Crippen molar-refractivity contribution < 1.29 is 18.4 Å². The maximum absolute atomic E-state index is 13.1. The van der Waals surface area contributed by atoms with Gasteiger partial charge in [0.2, 0.25) is 0 Å². The zero-order chi connectivity index (χ0) is 18.9. The minimum absolute atomic E-state index is 0.197. The van der Waals surface area contributed by atoms with Crippen molar-refractivity contribution in [3.63, 3.8) is 0 Å². The van der Waals surface area contributed by atoms with Gasteiger partial charge >= 0.3 is 0 Å². The Bertz CT molecular complexity index is 779. The van der Waals surface area contributed by atoms with Gasteiger partial charge in [0.15, 0.2) is 0 Å². The number of thiophene rings is 1. The SMILES string of the molecule is CON(C(=O)c1cn(C)nc1C(F)F)C(C)Cc1c(C)sc(Cl)c1Cl. The van der Waals surface area contributed by atoms with Crippen LogP contribution in [-0.4, -0.2) is 33.9 Å². The minimum Gasteiger partial charge on any atom is -0.275 e. The number of hydroxylamine groups is 2. The van der Waals surface area contributed by atoms with Gasteiger partial charge in [-0.05, 0) is 25.8 Å². The van der Waals surface area contributed by atoms with E-state index in [1.54, 1.807) is 6.92 Å². The van der Waals surface area contributed by atoms with Gasteiger partial charge in [0, 0.05) is 18.1 Å². The maximum Gasteiger partial charge on any atom is 0.282 e. The van der Waals surface area contributed by atoms with Crippen LogP contribution in [0.1, 0.15) is 39.8 Å². The quantitative estimate of drug-likeness (QED) is 0.648. The second-order valence-electron chi connectivity index (χ2n) is 5.49. The molecule has 1 atom stereocenters. The molecule has 0 bridgehead atoms. The lowest BCUT2D eigenvalue weighted by molar-refractivity contribution is -0.119. The summed E-state index contributed by atoms with van der Waals surface area (Å²) in [6.07, 6.45) is -1.23. The van der Waals surface area contributed by atoms with Crippen LogP contribution in [0.3, 0.4) is 0 Å². The molecule has 25 heavy (non-hydrogen) atoms. The van der Waals surface area contributed by atoms with Crippen LogP contribution < -0.4 is 0 Å². The molecule has 5 nitrogen and oxygen atoms in total. The number of aromatic nitrogens is 2. The van der Waals surface area contributed by atoms with Crippen molar-refractivity contribution in [1.82, 2.24) is 14.8 Å². The van der Waals surface area contributed by atoms with Gasteiger partial charge in [-0.15, -0.1) is 11.3 Å². The summed E-state index contributed by atoms with van der Waals surface area (Å²) in [6.45, 7) is 3.61. The number of nitrogens with zero attached hydrogens (tertiary/aromatic N) is 3. The number of rotatable bonds is 6. The Kier molecular flexibility index (Phi) is 6.42. The van der Waals surface area contributed by atoms with Gasteiger partial charge in [-0.1, -0.05) is 23.2 Å². The van der Waals surface area contributed by atoms with Crippen LogP contribution in [0.4, 0.5) is 8.78 Å². The maximum atomic E-state index is 13.1. The first kappa shape index (κ1) is 20.1. The molecule has 1 amide bonds. The number of carbonyl (C=O) groups is 1. The fourth-order valence-electron chi connectivity index (χ4n) is 2.54. The highest BCUT2D eigenvalue weighted by Gasteiger charge is 2.30. The number of amides is 1. The fraction of sp³-hybridized carbons (Fsp3) is 0.467. The number of halogens is 4. The Balaban J connectivity index is 2.28. The third kappa shape index (κ3) is 4.13. The Labute approximate surface area is 158 Å². The third-order valence-electron chi connectivity index (χ3n) is 3.70. The van der Waals surface area contributed by atoms with E-state index in [-0.39, 0.29) is 5.56 Å². The smallest absolute Gasteiger partial charge is 0.275 e. The lowest BCUT2D eigenvalue weighted by Gasteiger charge is -2.26. The van der Waals surface area contributed by atoms with Gasteiger partial charge in [0.1, 0.15) is 10.0 Å². The molecular weight excluding hydrogens is 395 g/mol. The normalized spacial score (nSPS) is 12.7. The third-order valence-corrected chi connectivity index (χ3v) is 5.68. The topological polar surface area (TPSA) is 47.4 Å². The van der Waals surface area contributed by atoms with Gasteiger partial charge in [-0.3, -0.25) is 14.3 Å². The molecule has 0 aliphatic heterocycles. The van der Waals surface area contributed by atoms with E-state index in [4.69, 9.17) is 28.0 Å². The van der Waals surface area contributed by atoms with E-state index < -0.39 is 24.1 Å². The molecule has 2 aromatic heterocycles. The first-order valence-corrected chi connectivity index (χ1v) is 8.87. The summed E-state index contributed by atoms with van der Waals surface area (Å²) < 4.78 is 27.9. The molecular formula is C15H17Cl2F2N3O2S. The molecule has 0 aromatic carbocycles. The first-order chi connectivity index (χ1) is 11.7. The lowest BCUT2D eigenvalue weighted by atomic mass is 10.1. The molecule has 0 saturated carbocycles. The van der Waals surface area contributed by atoms with Crippen LogP contribution >= 0.6 is 34.5 Å². The Hall–Kier alpha value is -1.22. The van der Waals surface area contributed by atoms with E-state index in [1.165, 1.54) is 36.4 Å². The summed E-state index contributed by atoms with van der Waals surface area (Å²) in [5, 5.41) is 5.13. The van der Waals surface area contributed by atoms with Crippen LogP contribution in [0.25, 0.3) is 0 Å². The number of carbonyl (C=O) groups excluding carboxylic acids is 1. The molecule has 0 fully saturated rings. The monoisotopic (exact) mass is 411 g/mol. The predicted molar refractivity (Wildman–Crippen MR) is 93.6 cm³/mol. The summed E-state index contributed by atoms with van der Waals surface area (Å²) >= 11 is 13.6. The van der Waals surface area contributed by atoms with Crippen LogP contribution in [0.15, 0.2) is 6.20 Å². The van der Waals surface area contributed by atoms with Gasteiger partial charge in [-0.2, -0.15) is 5.10 Å². The highest BCUT2D eigenvalue weighted by atomic mass is 35.5. The molecule has 1 unspecified atom stereocenters. The van der Waals surface area contributed by atoms with Gasteiger partial charge in [0.05, 0.1) is 23.7 Å². The van der Waals surface area contributed by atoms with E-state index in [9.17, 15) is 13.6 Å². The average Bonchev–Trinajstić information content (AvgIpc) is 3.03. The molecule has 2 aromatic rings. The molecule has 0 radical (unpaired) electrons. The van der Waals surface area contributed by atoms with Crippen molar-refractivity contribution in [1.29, 1.82) is 0 Å². The summed E-state index contributed by atoms with van der Waals surface area (Å²) in [6, 6.07) is -0.454. The zero-order valence-corrected chi connectivity index (χ0v) is 16.3. The van der Waals surface area contributed by atoms with Crippen molar-refractivity contribution in [3.05, 3.63) is 37.3 Å². The van der Waals surface area contributed by atoms with Gasteiger partial charge < -0.3 is 0 Å². The number of hydrogen-bond acceptors (Lipinski definition) is 4.